The Morgan fingerprint density at radius 1 is 1.14 bits per heavy atom. The lowest BCUT2D eigenvalue weighted by atomic mass is 9.91. The highest BCUT2D eigenvalue weighted by Crippen LogP contribution is 2.67. The van der Waals surface area contributed by atoms with Gasteiger partial charge < -0.3 is 4.52 Å². The van der Waals surface area contributed by atoms with Gasteiger partial charge in [0.2, 0.25) is 0 Å². The maximum atomic E-state index is 13.9. The van der Waals surface area contributed by atoms with Gasteiger partial charge >= 0.3 is 0 Å². The van der Waals surface area contributed by atoms with Gasteiger partial charge in [0, 0.05) is 10.8 Å². The molecule has 22 heavy (non-hydrogen) atoms. The molecule has 0 aromatic carbocycles. The highest BCUT2D eigenvalue weighted by Gasteiger charge is 2.57. The summed E-state index contributed by atoms with van der Waals surface area (Å²) in [6.07, 6.45) is 2.02. The number of halogens is 1. The van der Waals surface area contributed by atoms with Crippen LogP contribution >= 0.6 is 30.9 Å². The monoisotopic (exact) mass is 399 g/mol. The standard InChI is InChI=1S/C14H31ClNO2PSSi2/c1-13(2)14(3,20-4)12(15)11-19(17,18-13)16(21(5,6)7)22(8,9)10/h11H,1-10H3. The van der Waals surface area contributed by atoms with Crippen LogP contribution in [-0.4, -0.2) is 37.1 Å². The van der Waals surface area contributed by atoms with Crippen molar-refractivity contribution in [3.05, 3.63) is 10.8 Å². The van der Waals surface area contributed by atoms with Crippen molar-refractivity contribution in [1.29, 1.82) is 0 Å². The predicted molar refractivity (Wildman–Crippen MR) is 107 cm³/mol. The Kier molecular flexibility index (Phi) is 5.77. The normalized spacial score (nSPS) is 33.0. The van der Waals surface area contributed by atoms with Crippen LogP contribution in [0.25, 0.3) is 0 Å². The van der Waals surface area contributed by atoms with E-state index < -0.39 is 29.6 Å². The average Bonchev–Trinajstić information content (AvgIpc) is 2.19. The van der Waals surface area contributed by atoms with E-state index in [4.69, 9.17) is 16.1 Å². The van der Waals surface area contributed by atoms with Gasteiger partial charge in [-0.15, -0.1) is 0 Å². The molecule has 8 heteroatoms. The molecule has 0 spiro atoms. The molecule has 0 saturated heterocycles. The molecule has 1 rings (SSSR count). The topological polar surface area (TPSA) is 29.5 Å². The third-order valence-corrected chi connectivity index (χ3v) is 20.2. The summed E-state index contributed by atoms with van der Waals surface area (Å²) in [6.45, 7) is 19.4. The van der Waals surface area contributed by atoms with Crippen molar-refractivity contribution < 1.29 is 9.09 Å². The average molecular weight is 400 g/mol. The van der Waals surface area contributed by atoms with Gasteiger partial charge in [0.15, 0.2) is 0 Å². The van der Waals surface area contributed by atoms with Crippen molar-refractivity contribution in [2.45, 2.75) is 70.4 Å². The molecule has 0 aromatic rings. The minimum atomic E-state index is -3.09. The molecule has 0 radical (unpaired) electrons. The van der Waals surface area contributed by atoms with Crippen molar-refractivity contribution >= 4 is 47.4 Å². The van der Waals surface area contributed by atoms with E-state index in [-0.39, 0.29) is 4.75 Å². The number of hydrogen-bond donors (Lipinski definition) is 0. The van der Waals surface area contributed by atoms with Crippen LogP contribution in [0, 0.1) is 0 Å². The summed E-state index contributed by atoms with van der Waals surface area (Å²) >= 11 is 8.28. The third kappa shape index (κ3) is 3.63. The first-order valence-corrected chi connectivity index (χ1v) is 17.7. The van der Waals surface area contributed by atoms with Gasteiger partial charge in [-0.3, -0.25) is 8.57 Å². The fourth-order valence-electron chi connectivity index (χ4n) is 3.28. The number of rotatable bonds is 4. The first kappa shape index (κ1) is 21.0. The van der Waals surface area contributed by atoms with Crippen molar-refractivity contribution in [1.82, 2.24) is 4.00 Å². The first-order valence-electron chi connectivity index (χ1n) is 7.56. The molecule has 2 atom stereocenters. The Hall–Kier alpha value is 0.964. The van der Waals surface area contributed by atoms with Crippen LogP contribution in [0.4, 0.5) is 0 Å². The molecular weight excluding hydrogens is 369 g/mol. The highest BCUT2D eigenvalue weighted by atomic mass is 35.5. The maximum Gasteiger partial charge on any atom is 0.284 e. The van der Waals surface area contributed by atoms with E-state index in [1.165, 1.54) is 0 Å². The molecule has 1 heterocycles. The summed E-state index contributed by atoms with van der Waals surface area (Å²) < 4.78 is 22.0. The van der Waals surface area contributed by atoms with Gasteiger partial charge in [-0.2, -0.15) is 11.8 Å². The molecule has 0 fully saturated rings. The molecule has 1 aliphatic heterocycles. The van der Waals surface area contributed by atoms with E-state index in [1.54, 1.807) is 17.6 Å². The molecule has 0 saturated carbocycles. The van der Waals surface area contributed by atoms with Crippen LogP contribution in [0.5, 0.6) is 0 Å². The quantitative estimate of drug-likeness (QED) is 0.418. The summed E-state index contributed by atoms with van der Waals surface area (Å²) in [4.78, 5) is 0. The second-order valence-electron chi connectivity index (χ2n) is 8.53. The largest absolute Gasteiger partial charge is 0.307 e. The Labute approximate surface area is 147 Å². The van der Waals surface area contributed by atoms with E-state index in [9.17, 15) is 4.57 Å². The molecule has 0 N–H and O–H groups in total. The molecular formula is C14H31ClNO2PSSi2. The summed E-state index contributed by atoms with van der Waals surface area (Å²) in [7, 11) is -6.76. The summed E-state index contributed by atoms with van der Waals surface area (Å²) in [6, 6.07) is 0. The zero-order chi connectivity index (χ0) is 17.8. The Bertz CT molecular complexity index is 514. The van der Waals surface area contributed by atoms with Crippen LogP contribution in [0.2, 0.25) is 39.3 Å². The molecule has 130 valence electrons. The SMILES string of the molecule is CSC1(C)C(Cl)=CP(=O)(N([Si](C)(C)C)[Si](C)(C)C)OC1(C)C. The summed E-state index contributed by atoms with van der Waals surface area (Å²) in [5.41, 5.74) is -0.592. The van der Waals surface area contributed by atoms with Gasteiger partial charge in [-0.25, -0.2) is 0 Å². The van der Waals surface area contributed by atoms with Crippen molar-refractivity contribution in [2.24, 2.45) is 0 Å². The second-order valence-corrected chi connectivity index (χ2v) is 22.9. The molecule has 2 unspecified atom stereocenters. The fraction of sp³-hybridized carbons (Fsp3) is 0.857. The van der Waals surface area contributed by atoms with Crippen LogP contribution in [0.15, 0.2) is 10.8 Å². The van der Waals surface area contributed by atoms with Crippen molar-refractivity contribution in [3.63, 3.8) is 0 Å². The van der Waals surface area contributed by atoms with Gasteiger partial charge in [0.1, 0.15) is 16.5 Å². The smallest absolute Gasteiger partial charge is 0.284 e. The van der Waals surface area contributed by atoms with Crippen molar-refractivity contribution in [2.75, 3.05) is 6.26 Å². The van der Waals surface area contributed by atoms with Crippen LogP contribution in [0.3, 0.4) is 0 Å². The van der Waals surface area contributed by atoms with Crippen LogP contribution < -0.4 is 0 Å². The van der Waals surface area contributed by atoms with E-state index in [0.717, 1.165) is 0 Å². The first-order chi connectivity index (χ1) is 9.51. The lowest BCUT2D eigenvalue weighted by Crippen LogP contribution is -2.59. The zero-order valence-electron chi connectivity index (χ0n) is 15.6. The molecule has 0 aliphatic carbocycles. The Morgan fingerprint density at radius 2 is 1.55 bits per heavy atom. The highest BCUT2D eigenvalue weighted by molar-refractivity contribution is 8.00. The molecule has 1 aliphatic rings. The van der Waals surface area contributed by atoms with Crippen LogP contribution in [-0.2, 0) is 9.09 Å². The molecule has 3 nitrogen and oxygen atoms in total. The molecule has 0 amide bonds. The van der Waals surface area contributed by atoms with Gasteiger partial charge in [0.05, 0.1) is 10.3 Å². The lowest BCUT2D eigenvalue weighted by Gasteiger charge is -2.54. The molecule has 0 bridgehead atoms. The lowest BCUT2D eigenvalue weighted by molar-refractivity contribution is 0.0812. The zero-order valence-corrected chi connectivity index (χ0v) is 20.0. The van der Waals surface area contributed by atoms with E-state index >= 15 is 0 Å². The minimum Gasteiger partial charge on any atom is -0.307 e. The minimum absolute atomic E-state index is 0.382. The van der Waals surface area contributed by atoms with E-state index in [2.05, 4.69) is 50.2 Å². The Balaban J connectivity index is 3.57. The van der Waals surface area contributed by atoms with Gasteiger partial charge in [-0.05, 0) is 27.0 Å². The van der Waals surface area contributed by atoms with Gasteiger partial charge in [0.25, 0.3) is 7.52 Å². The van der Waals surface area contributed by atoms with E-state index in [0.29, 0.717) is 5.03 Å². The number of thioether (sulfide) groups is 1. The number of nitrogens with zero attached hydrogens (tertiary/aromatic N) is 1. The predicted octanol–water partition coefficient (Wildman–Crippen LogP) is 6.16. The second kappa shape index (κ2) is 6.04. The Morgan fingerprint density at radius 3 is 1.82 bits per heavy atom. The third-order valence-electron chi connectivity index (χ3n) is 4.20. The summed E-state index contributed by atoms with van der Waals surface area (Å²) in [5.74, 6) is 1.73. The molecule has 0 aromatic heterocycles. The van der Waals surface area contributed by atoms with E-state index in [1.807, 2.05) is 20.1 Å². The van der Waals surface area contributed by atoms with Crippen LogP contribution in [0.1, 0.15) is 20.8 Å². The number of hydrogen-bond acceptors (Lipinski definition) is 3. The fourth-order valence-corrected chi connectivity index (χ4v) is 22.0. The summed E-state index contributed by atoms with van der Waals surface area (Å²) in [5, 5.41) is 0.654. The maximum absolute atomic E-state index is 13.9. The van der Waals surface area contributed by atoms with Crippen molar-refractivity contribution in [3.8, 4) is 0 Å². The van der Waals surface area contributed by atoms with Gasteiger partial charge in [-0.1, -0.05) is 50.9 Å².